The molecule has 4 heteroatoms. The van der Waals surface area contributed by atoms with Gasteiger partial charge in [-0.15, -0.1) is 0 Å². The highest BCUT2D eigenvalue weighted by atomic mass is 35.5. The molecule has 3 nitrogen and oxygen atoms in total. The Balaban J connectivity index is 1.96. The largest absolute Gasteiger partial charge is 0.491 e. The molecule has 1 aliphatic rings. The van der Waals surface area contributed by atoms with Crippen molar-refractivity contribution >= 4 is 11.6 Å². The van der Waals surface area contributed by atoms with Crippen LogP contribution in [0.25, 0.3) is 0 Å². The molecule has 2 N–H and O–H groups in total. The number of hydrogen-bond donors (Lipinski definition) is 2. The number of aliphatic hydroxyl groups excluding tert-OH is 1. The lowest BCUT2D eigenvalue weighted by molar-refractivity contribution is 0.104. The van der Waals surface area contributed by atoms with E-state index in [-0.39, 0.29) is 0 Å². The topological polar surface area (TPSA) is 41.5 Å². The third-order valence-corrected chi connectivity index (χ3v) is 3.98. The van der Waals surface area contributed by atoms with E-state index in [1.807, 2.05) is 12.1 Å². The van der Waals surface area contributed by atoms with Crippen LogP contribution in [0.4, 0.5) is 0 Å². The molecule has 112 valence electrons. The van der Waals surface area contributed by atoms with Gasteiger partial charge in [0.2, 0.25) is 0 Å². The second-order valence-corrected chi connectivity index (χ2v) is 6.14. The van der Waals surface area contributed by atoms with E-state index in [0.29, 0.717) is 19.2 Å². The van der Waals surface area contributed by atoms with Crippen LogP contribution < -0.4 is 10.1 Å². The highest BCUT2D eigenvalue weighted by molar-refractivity contribution is 6.31. The normalized spacial score (nSPS) is 16.1. The molecule has 0 radical (unpaired) electrons. The molecule has 1 aromatic rings. The Morgan fingerprint density at radius 2 is 1.95 bits per heavy atom. The van der Waals surface area contributed by atoms with Crippen molar-refractivity contribution in [2.75, 3.05) is 13.2 Å². The lowest BCUT2D eigenvalue weighted by Gasteiger charge is -2.22. The fourth-order valence-electron chi connectivity index (χ4n) is 2.54. The van der Waals surface area contributed by atoms with Crippen molar-refractivity contribution in [3.63, 3.8) is 0 Å². The summed E-state index contributed by atoms with van der Waals surface area (Å²) in [6.07, 6.45) is 3.93. The summed E-state index contributed by atoms with van der Waals surface area (Å²) in [5.41, 5.74) is 2.46. The monoisotopic (exact) mass is 297 g/mol. The summed E-state index contributed by atoms with van der Waals surface area (Å²) in [5.74, 6) is 0.882. The van der Waals surface area contributed by atoms with Crippen molar-refractivity contribution in [2.24, 2.45) is 0 Å². The molecule has 0 amide bonds. The van der Waals surface area contributed by atoms with Crippen molar-refractivity contribution in [1.29, 1.82) is 0 Å². The first-order valence-electron chi connectivity index (χ1n) is 7.42. The van der Waals surface area contributed by atoms with E-state index in [9.17, 15) is 5.11 Å². The summed E-state index contributed by atoms with van der Waals surface area (Å²) in [6.45, 7) is 4.98. The zero-order valence-electron chi connectivity index (χ0n) is 12.3. The van der Waals surface area contributed by atoms with Gasteiger partial charge >= 0.3 is 0 Å². The molecule has 2 rings (SSSR count). The zero-order chi connectivity index (χ0) is 14.5. The van der Waals surface area contributed by atoms with E-state index in [2.05, 4.69) is 19.2 Å². The summed E-state index contributed by atoms with van der Waals surface area (Å²) in [5, 5.41) is 13.9. The van der Waals surface area contributed by atoms with E-state index in [1.54, 1.807) is 0 Å². The van der Waals surface area contributed by atoms with Crippen molar-refractivity contribution in [3.8, 4) is 5.75 Å². The fourth-order valence-corrected chi connectivity index (χ4v) is 2.81. The molecule has 1 aromatic carbocycles. The number of rotatable bonds is 6. The van der Waals surface area contributed by atoms with Gasteiger partial charge in [-0.3, -0.25) is 0 Å². The first-order chi connectivity index (χ1) is 9.58. The molecule has 1 atom stereocenters. The Labute approximate surface area is 126 Å². The highest BCUT2D eigenvalue weighted by Gasteiger charge is 2.17. The van der Waals surface area contributed by atoms with E-state index in [0.717, 1.165) is 23.6 Å². The maximum absolute atomic E-state index is 9.90. The third-order valence-electron chi connectivity index (χ3n) is 3.63. The molecule has 0 heterocycles. The van der Waals surface area contributed by atoms with Gasteiger partial charge in [-0.2, -0.15) is 0 Å². The van der Waals surface area contributed by atoms with E-state index >= 15 is 0 Å². The molecule has 0 saturated heterocycles. The van der Waals surface area contributed by atoms with E-state index in [4.69, 9.17) is 16.3 Å². The van der Waals surface area contributed by atoms with Crippen LogP contribution in [-0.4, -0.2) is 30.4 Å². The molecule has 0 aliphatic heterocycles. The number of hydrogen-bond acceptors (Lipinski definition) is 3. The number of ether oxygens (including phenoxy) is 1. The summed E-state index contributed by atoms with van der Waals surface area (Å²) < 4.78 is 5.80. The fraction of sp³-hybridized carbons (Fsp3) is 0.625. The minimum absolute atomic E-state index is 0.313. The van der Waals surface area contributed by atoms with E-state index in [1.165, 1.54) is 24.0 Å². The molecule has 1 unspecified atom stereocenters. The lowest BCUT2D eigenvalue weighted by Crippen LogP contribution is -2.35. The number of benzene rings is 1. The second-order valence-electron chi connectivity index (χ2n) is 5.74. The third kappa shape index (κ3) is 4.11. The van der Waals surface area contributed by atoms with Gasteiger partial charge in [-0.1, -0.05) is 25.4 Å². The maximum atomic E-state index is 9.90. The quantitative estimate of drug-likeness (QED) is 0.848. The van der Waals surface area contributed by atoms with Gasteiger partial charge in [0.25, 0.3) is 0 Å². The van der Waals surface area contributed by atoms with Crippen LogP contribution in [0.1, 0.15) is 37.8 Å². The van der Waals surface area contributed by atoms with Gasteiger partial charge < -0.3 is 15.2 Å². The van der Waals surface area contributed by atoms with Crippen LogP contribution in [0, 0.1) is 0 Å². The second kappa shape index (κ2) is 7.30. The summed E-state index contributed by atoms with van der Waals surface area (Å²) >= 11 is 6.25. The van der Waals surface area contributed by atoms with Gasteiger partial charge in [0, 0.05) is 17.6 Å². The minimum atomic E-state index is -0.493. The molecular weight excluding hydrogens is 274 g/mol. The Bertz CT molecular complexity index is 448. The summed E-state index contributed by atoms with van der Waals surface area (Å²) in [4.78, 5) is 0. The van der Waals surface area contributed by atoms with Crippen LogP contribution >= 0.6 is 11.6 Å². The Kier molecular flexibility index (Phi) is 5.70. The SMILES string of the molecule is CC(C)NCC(O)COc1ccc(Cl)c2c1CCCC2. The molecule has 0 saturated carbocycles. The standard InChI is InChI=1S/C16H24ClNO2/c1-11(2)18-9-12(19)10-20-16-8-7-15(17)13-5-3-4-6-14(13)16/h7-8,11-12,18-19H,3-6,9-10H2,1-2H3. The number of nitrogens with one attached hydrogen (secondary N) is 1. The number of aliphatic hydroxyl groups is 1. The van der Waals surface area contributed by atoms with Crippen LogP contribution in [0.2, 0.25) is 5.02 Å². The van der Waals surface area contributed by atoms with E-state index < -0.39 is 6.10 Å². The van der Waals surface area contributed by atoms with Gasteiger partial charge in [0.15, 0.2) is 0 Å². The first-order valence-corrected chi connectivity index (χ1v) is 7.80. The van der Waals surface area contributed by atoms with Crippen molar-refractivity contribution in [2.45, 2.75) is 51.7 Å². The average molecular weight is 298 g/mol. The molecule has 1 aliphatic carbocycles. The van der Waals surface area contributed by atoms with Gasteiger partial charge in [-0.25, -0.2) is 0 Å². The zero-order valence-corrected chi connectivity index (χ0v) is 13.0. The van der Waals surface area contributed by atoms with Gasteiger partial charge in [0.05, 0.1) is 0 Å². The van der Waals surface area contributed by atoms with Gasteiger partial charge in [-0.05, 0) is 48.9 Å². The predicted octanol–water partition coefficient (Wildman–Crippen LogP) is 2.96. The average Bonchev–Trinajstić information content (AvgIpc) is 2.45. The first kappa shape index (κ1) is 15.6. The Morgan fingerprint density at radius 3 is 2.65 bits per heavy atom. The van der Waals surface area contributed by atoms with Crippen molar-refractivity contribution < 1.29 is 9.84 Å². The maximum Gasteiger partial charge on any atom is 0.123 e. The van der Waals surface area contributed by atoms with Gasteiger partial charge in [0.1, 0.15) is 18.5 Å². The molecule has 0 spiro atoms. The minimum Gasteiger partial charge on any atom is -0.491 e. The number of halogens is 1. The molecule has 0 aromatic heterocycles. The molecular formula is C16H24ClNO2. The van der Waals surface area contributed by atoms with Crippen LogP contribution in [-0.2, 0) is 12.8 Å². The molecule has 0 bridgehead atoms. The molecule has 20 heavy (non-hydrogen) atoms. The Hall–Kier alpha value is -0.770. The Morgan fingerprint density at radius 1 is 1.25 bits per heavy atom. The summed E-state index contributed by atoms with van der Waals surface area (Å²) in [7, 11) is 0. The van der Waals surface area contributed by atoms with Crippen LogP contribution in [0.5, 0.6) is 5.75 Å². The summed E-state index contributed by atoms with van der Waals surface area (Å²) in [6, 6.07) is 4.20. The van der Waals surface area contributed by atoms with Crippen LogP contribution in [0.3, 0.4) is 0 Å². The predicted molar refractivity (Wildman–Crippen MR) is 82.7 cm³/mol. The number of fused-ring (bicyclic) bond motifs is 1. The van der Waals surface area contributed by atoms with Crippen LogP contribution in [0.15, 0.2) is 12.1 Å². The smallest absolute Gasteiger partial charge is 0.123 e. The van der Waals surface area contributed by atoms with Crippen molar-refractivity contribution in [1.82, 2.24) is 5.32 Å². The van der Waals surface area contributed by atoms with Crippen molar-refractivity contribution in [3.05, 3.63) is 28.3 Å². The highest BCUT2D eigenvalue weighted by Crippen LogP contribution is 2.34. The molecule has 0 fully saturated rings. The lowest BCUT2D eigenvalue weighted by atomic mass is 9.91.